The van der Waals surface area contributed by atoms with Crippen LogP contribution in [0.2, 0.25) is 0 Å². The standard InChI is InChI=1S/C15H16O2/c1-5-10-7-11(6-2)14-12(8-10)17-13(16)9-15(14,3)4/h5-8H,1-2,9H2,3-4H3. The molecule has 88 valence electrons. The molecule has 1 heterocycles. The van der Waals surface area contributed by atoms with Gasteiger partial charge >= 0.3 is 5.97 Å². The maximum Gasteiger partial charge on any atom is 0.312 e. The molecule has 1 aromatic rings. The minimum Gasteiger partial charge on any atom is -0.426 e. The molecule has 2 nitrogen and oxygen atoms in total. The first-order valence-electron chi connectivity index (χ1n) is 5.62. The number of rotatable bonds is 2. The lowest BCUT2D eigenvalue weighted by Gasteiger charge is -2.32. The van der Waals surface area contributed by atoms with Gasteiger partial charge in [0.05, 0.1) is 6.42 Å². The van der Waals surface area contributed by atoms with Crippen molar-refractivity contribution >= 4 is 18.1 Å². The molecule has 17 heavy (non-hydrogen) atoms. The summed E-state index contributed by atoms with van der Waals surface area (Å²) in [6.45, 7) is 11.7. The summed E-state index contributed by atoms with van der Waals surface area (Å²) < 4.78 is 5.32. The predicted octanol–water partition coefficient (Wildman–Crippen LogP) is 3.56. The van der Waals surface area contributed by atoms with Crippen LogP contribution >= 0.6 is 0 Å². The summed E-state index contributed by atoms with van der Waals surface area (Å²) >= 11 is 0. The van der Waals surface area contributed by atoms with Crippen LogP contribution in [0.3, 0.4) is 0 Å². The van der Waals surface area contributed by atoms with Crippen molar-refractivity contribution in [3.8, 4) is 5.75 Å². The second kappa shape index (κ2) is 3.88. The molecule has 0 amide bonds. The van der Waals surface area contributed by atoms with Crippen LogP contribution in [0, 0.1) is 0 Å². The van der Waals surface area contributed by atoms with Gasteiger partial charge in [-0.05, 0) is 23.3 Å². The quantitative estimate of drug-likeness (QED) is 0.571. The van der Waals surface area contributed by atoms with Crippen molar-refractivity contribution in [3.63, 3.8) is 0 Å². The summed E-state index contributed by atoms with van der Waals surface area (Å²) in [5.41, 5.74) is 2.78. The third-order valence-electron chi connectivity index (χ3n) is 3.10. The van der Waals surface area contributed by atoms with E-state index in [1.165, 1.54) is 0 Å². The number of hydrogen-bond acceptors (Lipinski definition) is 2. The van der Waals surface area contributed by atoms with Gasteiger partial charge in [0.1, 0.15) is 5.75 Å². The Hall–Kier alpha value is -1.83. The van der Waals surface area contributed by atoms with E-state index in [1.807, 2.05) is 26.0 Å². The number of esters is 1. The highest BCUT2D eigenvalue weighted by atomic mass is 16.5. The van der Waals surface area contributed by atoms with Gasteiger partial charge in [-0.1, -0.05) is 39.2 Å². The average Bonchev–Trinajstić information content (AvgIpc) is 2.25. The maximum atomic E-state index is 11.6. The molecule has 1 aliphatic heterocycles. The number of carbonyl (C=O) groups is 1. The molecule has 2 rings (SSSR count). The molecule has 0 saturated carbocycles. The van der Waals surface area contributed by atoms with E-state index in [-0.39, 0.29) is 11.4 Å². The topological polar surface area (TPSA) is 26.3 Å². The smallest absolute Gasteiger partial charge is 0.312 e. The second-order valence-electron chi connectivity index (χ2n) is 4.93. The molecule has 0 N–H and O–H groups in total. The summed E-state index contributed by atoms with van der Waals surface area (Å²) in [6, 6.07) is 3.87. The van der Waals surface area contributed by atoms with Crippen molar-refractivity contribution in [2.75, 3.05) is 0 Å². The van der Waals surface area contributed by atoms with Crippen molar-refractivity contribution in [2.45, 2.75) is 25.7 Å². The minimum absolute atomic E-state index is 0.182. The van der Waals surface area contributed by atoms with Gasteiger partial charge < -0.3 is 4.74 Å². The Bertz CT molecular complexity index is 510. The Kier molecular flexibility index (Phi) is 2.66. The largest absolute Gasteiger partial charge is 0.426 e. The lowest BCUT2D eigenvalue weighted by Crippen LogP contribution is -2.31. The average molecular weight is 228 g/mol. The van der Waals surface area contributed by atoms with Crippen molar-refractivity contribution < 1.29 is 9.53 Å². The Morgan fingerprint density at radius 1 is 1.29 bits per heavy atom. The SMILES string of the molecule is C=Cc1cc(C=C)c2c(c1)OC(=O)CC2(C)C. The number of carbonyl (C=O) groups excluding carboxylic acids is 1. The molecule has 0 aromatic heterocycles. The molecule has 1 aromatic carbocycles. The molecule has 1 aliphatic rings. The summed E-state index contributed by atoms with van der Waals surface area (Å²) in [5.74, 6) is 0.456. The molecule has 0 aliphatic carbocycles. The Morgan fingerprint density at radius 2 is 2.00 bits per heavy atom. The zero-order chi connectivity index (χ0) is 12.6. The third kappa shape index (κ3) is 1.91. The summed E-state index contributed by atoms with van der Waals surface area (Å²) in [6.07, 6.45) is 3.93. The Morgan fingerprint density at radius 3 is 2.59 bits per heavy atom. The first kappa shape index (κ1) is 11.6. The van der Waals surface area contributed by atoms with Gasteiger partial charge in [0.15, 0.2) is 0 Å². The normalized spacial score (nSPS) is 16.9. The van der Waals surface area contributed by atoms with Crippen LogP contribution in [0.25, 0.3) is 12.2 Å². The van der Waals surface area contributed by atoms with Crippen LogP contribution in [0.5, 0.6) is 5.75 Å². The van der Waals surface area contributed by atoms with Gasteiger partial charge in [-0.15, -0.1) is 0 Å². The number of hydrogen-bond donors (Lipinski definition) is 0. The fourth-order valence-corrected chi connectivity index (χ4v) is 2.35. The van der Waals surface area contributed by atoms with Crippen LogP contribution in [0.15, 0.2) is 25.3 Å². The molecular formula is C15H16O2. The van der Waals surface area contributed by atoms with E-state index in [4.69, 9.17) is 4.74 Å². The fraction of sp³-hybridized carbons (Fsp3) is 0.267. The van der Waals surface area contributed by atoms with Gasteiger partial charge in [-0.25, -0.2) is 0 Å². The van der Waals surface area contributed by atoms with Crippen LogP contribution in [0.4, 0.5) is 0 Å². The monoisotopic (exact) mass is 228 g/mol. The van der Waals surface area contributed by atoms with E-state index in [2.05, 4.69) is 13.2 Å². The highest BCUT2D eigenvalue weighted by Gasteiger charge is 2.35. The van der Waals surface area contributed by atoms with Crippen LogP contribution in [-0.2, 0) is 10.2 Å². The first-order chi connectivity index (χ1) is 7.97. The summed E-state index contributed by atoms with van der Waals surface area (Å²) in [7, 11) is 0. The van der Waals surface area contributed by atoms with Crippen molar-refractivity contribution in [1.82, 2.24) is 0 Å². The van der Waals surface area contributed by atoms with E-state index in [0.29, 0.717) is 12.2 Å². The van der Waals surface area contributed by atoms with Gasteiger partial charge in [0.25, 0.3) is 0 Å². The number of benzene rings is 1. The zero-order valence-electron chi connectivity index (χ0n) is 10.2. The maximum absolute atomic E-state index is 11.6. The zero-order valence-corrected chi connectivity index (χ0v) is 10.2. The molecular weight excluding hydrogens is 212 g/mol. The molecule has 0 unspecified atom stereocenters. The van der Waals surface area contributed by atoms with E-state index >= 15 is 0 Å². The van der Waals surface area contributed by atoms with Crippen LogP contribution in [0.1, 0.15) is 37.0 Å². The lowest BCUT2D eigenvalue weighted by atomic mass is 9.76. The molecule has 0 atom stereocenters. The van der Waals surface area contributed by atoms with Crippen molar-refractivity contribution in [3.05, 3.63) is 42.0 Å². The van der Waals surface area contributed by atoms with Crippen LogP contribution < -0.4 is 4.74 Å². The third-order valence-corrected chi connectivity index (χ3v) is 3.10. The number of ether oxygens (including phenoxy) is 1. The Labute approximate surface area is 102 Å². The van der Waals surface area contributed by atoms with Gasteiger partial charge in [0, 0.05) is 11.0 Å². The minimum atomic E-state index is -0.214. The van der Waals surface area contributed by atoms with E-state index in [1.54, 1.807) is 12.2 Å². The van der Waals surface area contributed by atoms with E-state index < -0.39 is 0 Å². The van der Waals surface area contributed by atoms with Crippen molar-refractivity contribution in [1.29, 1.82) is 0 Å². The molecule has 0 radical (unpaired) electrons. The highest BCUT2D eigenvalue weighted by molar-refractivity contribution is 5.80. The molecule has 0 saturated heterocycles. The first-order valence-corrected chi connectivity index (χ1v) is 5.62. The second-order valence-corrected chi connectivity index (χ2v) is 4.93. The summed E-state index contributed by atoms with van der Waals surface area (Å²) in [5, 5.41) is 0. The predicted molar refractivity (Wildman–Crippen MR) is 69.9 cm³/mol. The fourth-order valence-electron chi connectivity index (χ4n) is 2.35. The Balaban J connectivity index is 2.73. The lowest BCUT2D eigenvalue weighted by molar-refractivity contribution is -0.136. The van der Waals surface area contributed by atoms with Crippen LogP contribution in [-0.4, -0.2) is 5.97 Å². The van der Waals surface area contributed by atoms with E-state index in [9.17, 15) is 4.79 Å². The summed E-state index contributed by atoms with van der Waals surface area (Å²) in [4.78, 5) is 11.6. The van der Waals surface area contributed by atoms with Gasteiger partial charge in [-0.3, -0.25) is 4.79 Å². The molecule has 0 bridgehead atoms. The highest BCUT2D eigenvalue weighted by Crippen LogP contribution is 2.42. The van der Waals surface area contributed by atoms with Gasteiger partial charge in [0.2, 0.25) is 0 Å². The van der Waals surface area contributed by atoms with E-state index in [0.717, 1.165) is 16.7 Å². The molecule has 0 spiro atoms. The molecule has 2 heteroatoms. The number of fused-ring (bicyclic) bond motifs is 1. The van der Waals surface area contributed by atoms with Crippen molar-refractivity contribution in [2.24, 2.45) is 0 Å². The van der Waals surface area contributed by atoms with Gasteiger partial charge in [-0.2, -0.15) is 0 Å². The molecule has 0 fully saturated rings.